The van der Waals surface area contributed by atoms with E-state index in [4.69, 9.17) is 14.6 Å². The van der Waals surface area contributed by atoms with E-state index in [1.54, 1.807) is 29.0 Å². The molecule has 1 fully saturated rings. The zero-order valence-electron chi connectivity index (χ0n) is 12.4. The maximum absolute atomic E-state index is 11.5. The first-order valence-electron chi connectivity index (χ1n) is 6.97. The summed E-state index contributed by atoms with van der Waals surface area (Å²) in [5.74, 6) is 0.248. The molecule has 0 radical (unpaired) electrons. The molecule has 1 aliphatic rings. The van der Waals surface area contributed by atoms with Gasteiger partial charge in [-0.1, -0.05) is 0 Å². The van der Waals surface area contributed by atoms with E-state index < -0.39 is 15.4 Å². The van der Waals surface area contributed by atoms with Crippen LogP contribution in [-0.2, 0) is 14.8 Å². The molecule has 2 aromatic heterocycles. The molecule has 0 saturated carbocycles. The van der Waals surface area contributed by atoms with Crippen LogP contribution in [-0.4, -0.2) is 48.6 Å². The third kappa shape index (κ3) is 4.54. The number of hydrogen-bond acceptors (Lipinski definition) is 6. The lowest BCUT2D eigenvalue weighted by molar-refractivity contribution is -0.0205. The Morgan fingerprint density at radius 1 is 1.43 bits per heavy atom. The zero-order valence-corrected chi connectivity index (χ0v) is 14.1. The highest BCUT2D eigenvalue weighted by Gasteiger charge is 2.37. The number of nitrogens with two attached hydrogens (primary N) is 1. The number of rotatable bonds is 5. The average molecular weight is 363 g/mol. The van der Waals surface area contributed by atoms with E-state index in [0.717, 1.165) is 6.42 Å². The predicted octanol–water partition coefficient (Wildman–Crippen LogP) is 0.615. The highest BCUT2D eigenvalue weighted by Crippen LogP contribution is 2.30. The number of halogens is 1. The van der Waals surface area contributed by atoms with E-state index in [-0.39, 0.29) is 24.8 Å². The van der Waals surface area contributed by atoms with Crippen molar-refractivity contribution < 1.29 is 17.9 Å². The van der Waals surface area contributed by atoms with Crippen LogP contribution in [0.5, 0.6) is 5.88 Å². The highest BCUT2D eigenvalue weighted by molar-refractivity contribution is 7.89. The Labute approximate surface area is 140 Å². The van der Waals surface area contributed by atoms with Crippen molar-refractivity contribution in [1.29, 1.82) is 0 Å². The molecule has 0 aromatic carbocycles. The average Bonchev–Trinajstić information content (AvgIpc) is 2.92. The smallest absolute Gasteiger partial charge is 0.231 e. The van der Waals surface area contributed by atoms with Crippen LogP contribution in [0, 0.1) is 5.41 Å². The quantitative estimate of drug-likeness (QED) is 0.834. The molecule has 1 saturated heterocycles. The molecule has 3 rings (SSSR count). The van der Waals surface area contributed by atoms with Crippen molar-refractivity contribution in [3.8, 4) is 5.88 Å². The minimum atomic E-state index is -3.61. The van der Waals surface area contributed by atoms with Crippen LogP contribution in [0.4, 0.5) is 0 Å². The first-order chi connectivity index (χ1) is 10.5. The minimum absolute atomic E-state index is 0. The summed E-state index contributed by atoms with van der Waals surface area (Å²) in [5.41, 5.74) is 0.0878. The Kier molecular flexibility index (Phi) is 5.45. The zero-order chi connectivity index (χ0) is 15.6. The van der Waals surface area contributed by atoms with E-state index in [1.807, 2.05) is 0 Å². The van der Waals surface area contributed by atoms with Gasteiger partial charge in [0.2, 0.25) is 15.9 Å². The summed E-state index contributed by atoms with van der Waals surface area (Å²) in [6.45, 7) is 1.14. The Morgan fingerprint density at radius 2 is 2.26 bits per heavy atom. The predicted molar refractivity (Wildman–Crippen MR) is 86.2 cm³/mol. The fourth-order valence-electron chi connectivity index (χ4n) is 2.71. The molecular weight excluding hydrogens is 344 g/mol. The van der Waals surface area contributed by atoms with Gasteiger partial charge in [0.25, 0.3) is 0 Å². The molecule has 3 heterocycles. The van der Waals surface area contributed by atoms with Crippen LogP contribution >= 0.6 is 12.4 Å². The number of imidazole rings is 1. The molecule has 10 heteroatoms. The SMILES string of the molecule is Cl.NS(=O)(=O)CC1(COc2ccc3nccn3n2)CCCOC1. The molecule has 0 bridgehead atoms. The Morgan fingerprint density at radius 3 is 2.96 bits per heavy atom. The third-order valence-electron chi connectivity index (χ3n) is 3.67. The van der Waals surface area contributed by atoms with Gasteiger partial charge in [-0.3, -0.25) is 0 Å². The molecule has 0 spiro atoms. The van der Waals surface area contributed by atoms with Crippen molar-refractivity contribution in [2.75, 3.05) is 25.6 Å². The molecular formula is C13H19ClN4O4S. The lowest BCUT2D eigenvalue weighted by atomic mass is 9.85. The second kappa shape index (κ2) is 7.00. The van der Waals surface area contributed by atoms with E-state index in [2.05, 4.69) is 10.1 Å². The fourth-order valence-corrected chi connectivity index (χ4v) is 3.87. The van der Waals surface area contributed by atoms with Crippen molar-refractivity contribution in [3.05, 3.63) is 24.5 Å². The Balaban J connectivity index is 0.00000192. The van der Waals surface area contributed by atoms with Gasteiger partial charge in [0, 0.05) is 30.5 Å². The molecule has 1 aliphatic heterocycles. The van der Waals surface area contributed by atoms with Gasteiger partial charge in [-0.05, 0) is 18.9 Å². The molecule has 2 aromatic rings. The van der Waals surface area contributed by atoms with Crippen molar-refractivity contribution in [2.24, 2.45) is 10.6 Å². The summed E-state index contributed by atoms with van der Waals surface area (Å²) >= 11 is 0. The molecule has 8 nitrogen and oxygen atoms in total. The molecule has 1 atom stereocenters. The first-order valence-corrected chi connectivity index (χ1v) is 8.69. The molecule has 0 amide bonds. The lowest BCUT2D eigenvalue weighted by Gasteiger charge is -2.35. The standard InChI is InChI=1S/C13H18N4O4S.ClH/c14-22(18,19)10-13(4-1-7-20-8-13)9-21-12-3-2-11-15-5-6-17(11)16-12;/h2-3,5-6H,1,4,7-10H2,(H2,14,18,19);1H. The van der Waals surface area contributed by atoms with Crippen LogP contribution in [0.15, 0.2) is 24.5 Å². The Hall–Kier alpha value is -1.42. The van der Waals surface area contributed by atoms with Gasteiger partial charge in [0.15, 0.2) is 5.65 Å². The summed E-state index contributed by atoms with van der Waals surface area (Å²) < 4.78 is 35.7. The van der Waals surface area contributed by atoms with Gasteiger partial charge in [0.1, 0.15) is 0 Å². The highest BCUT2D eigenvalue weighted by atomic mass is 35.5. The molecule has 1 unspecified atom stereocenters. The van der Waals surface area contributed by atoms with Gasteiger partial charge in [-0.15, -0.1) is 17.5 Å². The van der Waals surface area contributed by atoms with Crippen LogP contribution < -0.4 is 9.88 Å². The second-order valence-corrected chi connectivity index (χ2v) is 7.27. The summed E-state index contributed by atoms with van der Waals surface area (Å²) in [4.78, 5) is 4.10. The minimum Gasteiger partial charge on any atom is -0.476 e. The van der Waals surface area contributed by atoms with Crippen LogP contribution in [0.3, 0.4) is 0 Å². The van der Waals surface area contributed by atoms with E-state index in [1.165, 1.54) is 0 Å². The number of ether oxygens (including phenoxy) is 2. The van der Waals surface area contributed by atoms with Crippen LogP contribution in [0.2, 0.25) is 0 Å². The fraction of sp³-hybridized carbons (Fsp3) is 0.538. The molecule has 0 aliphatic carbocycles. The van der Waals surface area contributed by atoms with Gasteiger partial charge in [0.05, 0.1) is 19.0 Å². The van der Waals surface area contributed by atoms with E-state index >= 15 is 0 Å². The number of hydrogen-bond donors (Lipinski definition) is 1. The molecule has 128 valence electrons. The van der Waals surface area contributed by atoms with Crippen LogP contribution in [0.1, 0.15) is 12.8 Å². The summed E-state index contributed by atoms with van der Waals surface area (Å²) in [7, 11) is -3.61. The normalized spacial score (nSPS) is 21.8. The van der Waals surface area contributed by atoms with Crippen molar-refractivity contribution in [2.45, 2.75) is 12.8 Å². The third-order valence-corrected chi connectivity index (χ3v) is 4.68. The summed E-state index contributed by atoms with van der Waals surface area (Å²) in [6.07, 6.45) is 4.83. The second-order valence-electron chi connectivity index (χ2n) is 5.65. The number of aromatic nitrogens is 3. The number of primary sulfonamides is 1. The summed E-state index contributed by atoms with van der Waals surface area (Å²) in [5, 5.41) is 9.47. The van der Waals surface area contributed by atoms with Crippen molar-refractivity contribution in [1.82, 2.24) is 14.6 Å². The largest absolute Gasteiger partial charge is 0.476 e. The maximum atomic E-state index is 11.5. The van der Waals surface area contributed by atoms with Crippen LogP contribution in [0.25, 0.3) is 5.65 Å². The van der Waals surface area contributed by atoms with E-state index in [0.29, 0.717) is 31.2 Å². The number of sulfonamides is 1. The topological polar surface area (TPSA) is 109 Å². The van der Waals surface area contributed by atoms with Gasteiger partial charge >= 0.3 is 0 Å². The molecule has 2 N–H and O–H groups in total. The number of nitrogens with zero attached hydrogens (tertiary/aromatic N) is 3. The van der Waals surface area contributed by atoms with Gasteiger partial charge < -0.3 is 9.47 Å². The van der Waals surface area contributed by atoms with Gasteiger partial charge in [-0.25, -0.2) is 23.1 Å². The van der Waals surface area contributed by atoms with Crippen molar-refractivity contribution >= 4 is 28.1 Å². The maximum Gasteiger partial charge on any atom is 0.231 e. The number of fused-ring (bicyclic) bond motifs is 1. The van der Waals surface area contributed by atoms with Gasteiger partial charge in [-0.2, -0.15) is 0 Å². The van der Waals surface area contributed by atoms with Crippen molar-refractivity contribution in [3.63, 3.8) is 0 Å². The molecule has 23 heavy (non-hydrogen) atoms. The van der Waals surface area contributed by atoms with E-state index in [9.17, 15) is 8.42 Å². The Bertz CT molecular complexity index is 758. The first kappa shape index (κ1) is 17.9. The lowest BCUT2D eigenvalue weighted by Crippen LogP contribution is -2.44. The monoisotopic (exact) mass is 362 g/mol. The summed E-state index contributed by atoms with van der Waals surface area (Å²) in [6, 6.07) is 3.49.